The third kappa shape index (κ3) is 2.64. The summed E-state index contributed by atoms with van der Waals surface area (Å²) in [6.45, 7) is 3.42. The lowest BCUT2D eigenvalue weighted by molar-refractivity contribution is -0.115. The van der Waals surface area contributed by atoms with Gasteiger partial charge in [0.25, 0.3) is 0 Å². The fourth-order valence-electron chi connectivity index (χ4n) is 4.10. The second-order valence-corrected chi connectivity index (χ2v) is 8.25. The molecule has 6 nitrogen and oxygen atoms in total. The van der Waals surface area contributed by atoms with Crippen LogP contribution in [0.3, 0.4) is 0 Å². The molecule has 3 N–H and O–H groups in total. The molecule has 0 radical (unpaired) electrons. The van der Waals surface area contributed by atoms with Crippen LogP contribution < -0.4 is 11.2 Å². The summed E-state index contributed by atoms with van der Waals surface area (Å²) in [4.78, 5) is 17.2. The average Bonchev–Trinajstić information content (AvgIpc) is 3.58. The number of nitrogens with one attached hydrogen (secondary N) is 1. The first kappa shape index (κ1) is 17.4. The number of primary amides is 1. The Hall–Kier alpha value is -2.67. The molecule has 1 amide bonds. The van der Waals surface area contributed by atoms with E-state index < -0.39 is 11.4 Å². The summed E-state index contributed by atoms with van der Waals surface area (Å²) in [5, 5.41) is 4.72. The lowest BCUT2D eigenvalue weighted by atomic mass is 9.84. The van der Waals surface area contributed by atoms with Gasteiger partial charge in [-0.25, -0.2) is 9.07 Å². The molecule has 2 aliphatic carbocycles. The molecular formula is C21H23FN4O2. The number of carbonyl (C=O) groups excluding carboxylic acids is 1. The smallest absolute Gasteiger partial charge is 0.250 e. The molecule has 28 heavy (non-hydrogen) atoms. The van der Waals surface area contributed by atoms with E-state index in [0.29, 0.717) is 34.4 Å². The van der Waals surface area contributed by atoms with Gasteiger partial charge in [0.1, 0.15) is 22.8 Å². The number of benzene rings is 1. The molecule has 5 rings (SSSR count). The molecule has 1 aromatic carbocycles. The summed E-state index contributed by atoms with van der Waals surface area (Å²) in [5.74, 6) is 0.407. The third-order valence-electron chi connectivity index (χ3n) is 6.01. The van der Waals surface area contributed by atoms with Gasteiger partial charge in [-0.2, -0.15) is 5.10 Å². The van der Waals surface area contributed by atoms with E-state index in [1.807, 2.05) is 0 Å². The number of nitrogens with two attached hydrogens (primary N) is 1. The van der Waals surface area contributed by atoms with E-state index in [-0.39, 0.29) is 5.82 Å². The lowest BCUT2D eigenvalue weighted by Gasteiger charge is -2.25. The molecule has 2 aromatic rings. The summed E-state index contributed by atoms with van der Waals surface area (Å²) < 4.78 is 17.0. The topological polar surface area (TPSA) is 82.2 Å². The second-order valence-electron chi connectivity index (χ2n) is 8.25. The second kappa shape index (κ2) is 5.91. The Morgan fingerprint density at radius 1 is 1.29 bits per heavy atom. The van der Waals surface area contributed by atoms with Gasteiger partial charge < -0.3 is 10.6 Å². The summed E-state index contributed by atoms with van der Waals surface area (Å²) in [6.07, 6.45) is 4.57. The van der Waals surface area contributed by atoms with Crippen molar-refractivity contribution >= 4 is 5.91 Å². The number of amides is 1. The van der Waals surface area contributed by atoms with Gasteiger partial charge in [-0.3, -0.25) is 4.79 Å². The monoisotopic (exact) mass is 382 g/mol. The van der Waals surface area contributed by atoms with Crippen molar-refractivity contribution in [3.05, 3.63) is 58.4 Å². The van der Waals surface area contributed by atoms with Gasteiger partial charge in [0.2, 0.25) is 5.91 Å². The van der Waals surface area contributed by atoms with E-state index in [1.54, 1.807) is 30.7 Å². The van der Waals surface area contributed by atoms with E-state index in [4.69, 9.17) is 15.7 Å². The van der Waals surface area contributed by atoms with Crippen LogP contribution in [0.1, 0.15) is 68.3 Å². The molecule has 1 aromatic heterocycles. The van der Waals surface area contributed by atoms with E-state index in [1.165, 1.54) is 6.07 Å². The maximum absolute atomic E-state index is 15.2. The zero-order valence-corrected chi connectivity index (χ0v) is 16.0. The van der Waals surface area contributed by atoms with E-state index >= 15 is 4.39 Å². The molecule has 2 heterocycles. The minimum Gasteiger partial charge on any atom is -0.412 e. The molecule has 0 spiro atoms. The zero-order valence-electron chi connectivity index (χ0n) is 16.0. The minimum atomic E-state index is -1.00. The average molecular weight is 382 g/mol. The van der Waals surface area contributed by atoms with Crippen LogP contribution in [-0.4, -0.2) is 15.7 Å². The van der Waals surface area contributed by atoms with Gasteiger partial charge in [0.05, 0.1) is 11.3 Å². The van der Waals surface area contributed by atoms with Crippen molar-refractivity contribution in [3.8, 4) is 5.69 Å². The van der Waals surface area contributed by atoms with E-state index in [0.717, 1.165) is 37.1 Å². The van der Waals surface area contributed by atoms with Gasteiger partial charge in [-0.1, -0.05) is 6.07 Å². The number of hydrogen-bond donors (Lipinski definition) is 2. The van der Waals surface area contributed by atoms with Crippen LogP contribution in [0.15, 0.2) is 35.6 Å². The van der Waals surface area contributed by atoms with Crippen molar-refractivity contribution in [2.75, 3.05) is 0 Å². The predicted octanol–water partition coefficient (Wildman–Crippen LogP) is 3.28. The van der Waals surface area contributed by atoms with Gasteiger partial charge >= 0.3 is 0 Å². The molecule has 3 aliphatic rings. The Bertz CT molecular complexity index is 1020. The van der Waals surface area contributed by atoms with Crippen molar-refractivity contribution < 1.29 is 14.0 Å². The highest BCUT2D eigenvalue weighted by Crippen LogP contribution is 2.45. The van der Waals surface area contributed by atoms with E-state index in [2.05, 4.69) is 11.5 Å². The van der Waals surface area contributed by atoms with E-state index in [9.17, 15) is 4.79 Å². The molecule has 146 valence electrons. The SMILES string of the molecule is CC1=C(C(N)=O)C(C)(c2ccc(-n3nc(C4CC4)cc3C3CC3)c(F)c2)NO1. The van der Waals surface area contributed by atoms with Crippen molar-refractivity contribution in [1.82, 2.24) is 15.3 Å². The number of hydrogen-bond acceptors (Lipinski definition) is 4. The van der Waals surface area contributed by atoms with Gasteiger partial charge in [0, 0.05) is 17.5 Å². The number of allylic oxidation sites excluding steroid dienone is 1. The minimum absolute atomic E-state index is 0.299. The fourth-order valence-corrected chi connectivity index (χ4v) is 4.10. The van der Waals surface area contributed by atoms with Crippen LogP contribution >= 0.6 is 0 Å². The maximum atomic E-state index is 15.2. The highest BCUT2D eigenvalue weighted by atomic mass is 19.1. The van der Waals surface area contributed by atoms with Crippen LogP contribution in [-0.2, 0) is 15.2 Å². The zero-order chi connectivity index (χ0) is 19.6. The summed E-state index contributed by atoms with van der Waals surface area (Å²) in [7, 11) is 0. The molecular weight excluding hydrogens is 359 g/mol. The molecule has 1 unspecified atom stereocenters. The quantitative estimate of drug-likeness (QED) is 0.831. The standard InChI is InChI=1S/C21H23FN4O2/c1-11-19(20(23)27)21(2,25-28-11)14-7-8-17(15(22)9-14)26-18(13-5-6-13)10-16(24-26)12-3-4-12/h7-10,12-13,25H,3-6H2,1-2H3,(H2,23,27). The van der Waals surface area contributed by atoms with Crippen LogP contribution in [0.4, 0.5) is 4.39 Å². The number of carbonyl (C=O) groups is 1. The van der Waals surface area contributed by atoms with Gasteiger partial charge in [-0.15, -0.1) is 5.48 Å². The first-order chi connectivity index (χ1) is 13.4. The Morgan fingerprint density at radius 2 is 2.00 bits per heavy atom. The molecule has 0 bridgehead atoms. The number of halogens is 1. The predicted molar refractivity (Wildman–Crippen MR) is 101 cm³/mol. The summed E-state index contributed by atoms with van der Waals surface area (Å²) in [5.41, 5.74) is 10.8. The molecule has 0 saturated heterocycles. The molecule has 1 aliphatic heterocycles. The molecule has 1 atom stereocenters. The normalized spacial score (nSPS) is 24.5. The van der Waals surface area contributed by atoms with Crippen LogP contribution in [0, 0.1) is 5.82 Å². The maximum Gasteiger partial charge on any atom is 0.250 e. The Labute approximate surface area is 162 Å². The molecule has 2 saturated carbocycles. The lowest BCUT2D eigenvalue weighted by Crippen LogP contribution is -2.40. The van der Waals surface area contributed by atoms with Crippen LogP contribution in [0.25, 0.3) is 5.69 Å². The first-order valence-corrected chi connectivity index (χ1v) is 9.74. The van der Waals surface area contributed by atoms with Crippen molar-refractivity contribution in [2.24, 2.45) is 5.73 Å². The molecule has 2 fully saturated rings. The van der Waals surface area contributed by atoms with Gasteiger partial charge in [0.15, 0.2) is 0 Å². The highest BCUT2D eigenvalue weighted by Gasteiger charge is 2.42. The Kier molecular flexibility index (Phi) is 3.68. The van der Waals surface area contributed by atoms with Gasteiger partial charge in [-0.05, 0) is 63.3 Å². The highest BCUT2D eigenvalue weighted by molar-refractivity contribution is 5.95. The summed E-state index contributed by atoms with van der Waals surface area (Å²) >= 11 is 0. The number of hydroxylamine groups is 1. The van der Waals surface area contributed by atoms with Crippen molar-refractivity contribution in [2.45, 2.75) is 56.9 Å². The van der Waals surface area contributed by atoms with Crippen LogP contribution in [0.2, 0.25) is 0 Å². The third-order valence-corrected chi connectivity index (χ3v) is 6.01. The Balaban J connectivity index is 1.56. The Morgan fingerprint density at radius 3 is 2.61 bits per heavy atom. The van der Waals surface area contributed by atoms with Crippen LogP contribution in [0.5, 0.6) is 0 Å². The van der Waals surface area contributed by atoms with Crippen molar-refractivity contribution in [3.63, 3.8) is 0 Å². The fraction of sp³-hybridized carbons (Fsp3) is 0.429. The first-order valence-electron chi connectivity index (χ1n) is 9.74. The largest absolute Gasteiger partial charge is 0.412 e. The number of aromatic nitrogens is 2. The number of nitrogens with zero attached hydrogens (tertiary/aromatic N) is 2. The number of rotatable bonds is 5. The van der Waals surface area contributed by atoms with Crippen molar-refractivity contribution in [1.29, 1.82) is 0 Å². The molecule has 7 heteroatoms. The summed E-state index contributed by atoms with van der Waals surface area (Å²) in [6, 6.07) is 7.10.